The molecule has 0 radical (unpaired) electrons. The third-order valence-corrected chi connectivity index (χ3v) is 1.62. The van der Waals surface area contributed by atoms with Crippen molar-refractivity contribution in [1.82, 2.24) is 0 Å². The molecule has 2 N–H and O–H groups in total. The lowest BCUT2D eigenvalue weighted by Gasteiger charge is -2.02. The van der Waals surface area contributed by atoms with Crippen LogP contribution in [0.1, 0.15) is 17.3 Å². The Bertz CT molecular complexity index is 371. The second-order valence-electron chi connectivity index (χ2n) is 2.85. The molecule has 0 aromatic heterocycles. The molecule has 68 valence electrons. The summed E-state index contributed by atoms with van der Waals surface area (Å²) in [7, 11) is 0. The van der Waals surface area contributed by atoms with E-state index in [-0.39, 0.29) is 5.56 Å². The summed E-state index contributed by atoms with van der Waals surface area (Å²) >= 11 is 0. The van der Waals surface area contributed by atoms with E-state index in [1.54, 1.807) is 0 Å². The van der Waals surface area contributed by atoms with Crippen LogP contribution < -0.4 is 5.73 Å². The molecule has 0 aliphatic heterocycles. The molecule has 0 aliphatic rings. The number of carbonyl (C=O) groups excluding carboxylic acids is 1. The van der Waals surface area contributed by atoms with Gasteiger partial charge in [-0.3, -0.25) is 4.79 Å². The zero-order chi connectivity index (χ0) is 10.0. The van der Waals surface area contributed by atoms with E-state index in [1.165, 1.54) is 25.1 Å². The third-order valence-electron chi connectivity index (χ3n) is 1.62. The maximum Gasteiger partial charge on any atom is 0.191 e. The number of rotatable bonds is 2. The van der Waals surface area contributed by atoms with Crippen LogP contribution in [-0.2, 0) is 0 Å². The molecule has 0 fully saturated rings. The SMILES string of the molecule is C=C(C)C(=O)c1cc(N)ccc1F. The average Bonchev–Trinajstić information content (AvgIpc) is 2.08. The van der Waals surface area contributed by atoms with E-state index in [9.17, 15) is 9.18 Å². The Morgan fingerprint density at radius 2 is 2.15 bits per heavy atom. The van der Waals surface area contributed by atoms with Gasteiger partial charge in [-0.05, 0) is 30.7 Å². The number of nitrogen functional groups attached to an aromatic ring is 1. The van der Waals surface area contributed by atoms with Crippen molar-refractivity contribution in [2.75, 3.05) is 5.73 Å². The molecule has 1 aromatic rings. The van der Waals surface area contributed by atoms with Crippen LogP contribution in [0.25, 0.3) is 0 Å². The predicted molar refractivity (Wildman–Crippen MR) is 50.0 cm³/mol. The summed E-state index contributed by atoms with van der Waals surface area (Å²) in [6.07, 6.45) is 0. The van der Waals surface area contributed by atoms with E-state index in [0.29, 0.717) is 11.3 Å². The van der Waals surface area contributed by atoms with Crippen LogP contribution >= 0.6 is 0 Å². The quantitative estimate of drug-likeness (QED) is 0.429. The highest BCUT2D eigenvalue weighted by Crippen LogP contribution is 2.15. The van der Waals surface area contributed by atoms with E-state index in [2.05, 4.69) is 6.58 Å². The van der Waals surface area contributed by atoms with Crippen molar-refractivity contribution >= 4 is 11.5 Å². The second kappa shape index (κ2) is 3.39. The van der Waals surface area contributed by atoms with Gasteiger partial charge in [0.1, 0.15) is 5.82 Å². The highest BCUT2D eigenvalue weighted by atomic mass is 19.1. The molecule has 0 amide bonds. The van der Waals surface area contributed by atoms with Gasteiger partial charge in [-0.2, -0.15) is 0 Å². The average molecular weight is 179 g/mol. The third kappa shape index (κ3) is 1.93. The Labute approximate surface area is 75.9 Å². The smallest absolute Gasteiger partial charge is 0.191 e. The topological polar surface area (TPSA) is 43.1 Å². The molecule has 0 unspecified atom stereocenters. The molecule has 2 nitrogen and oxygen atoms in total. The minimum absolute atomic E-state index is 0.0208. The van der Waals surface area contributed by atoms with Gasteiger partial charge in [0.25, 0.3) is 0 Å². The van der Waals surface area contributed by atoms with Crippen molar-refractivity contribution in [1.29, 1.82) is 0 Å². The molecule has 3 heteroatoms. The van der Waals surface area contributed by atoms with E-state index in [0.717, 1.165) is 0 Å². The number of carbonyl (C=O) groups is 1. The first-order valence-corrected chi connectivity index (χ1v) is 3.77. The highest BCUT2D eigenvalue weighted by molar-refractivity contribution is 6.08. The summed E-state index contributed by atoms with van der Waals surface area (Å²) in [4.78, 5) is 11.3. The van der Waals surface area contributed by atoms with E-state index in [1.807, 2.05) is 0 Å². The van der Waals surface area contributed by atoms with Gasteiger partial charge in [0.2, 0.25) is 0 Å². The normalized spacial score (nSPS) is 9.69. The van der Waals surface area contributed by atoms with Crippen LogP contribution in [0.4, 0.5) is 10.1 Å². The molecule has 0 bridgehead atoms. The lowest BCUT2D eigenvalue weighted by molar-refractivity contribution is 0.103. The molecule has 13 heavy (non-hydrogen) atoms. The van der Waals surface area contributed by atoms with Crippen molar-refractivity contribution < 1.29 is 9.18 Å². The zero-order valence-electron chi connectivity index (χ0n) is 7.30. The van der Waals surface area contributed by atoms with Gasteiger partial charge in [0.15, 0.2) is 5.78 Å². The van der Waals surface area contributed by atoms with Crippen molar-refractivity contribution in [3.8, 4) is 0 Å². The Kier molecular flexibility index (Phi) is 2.46. The number of Topliss-reactive ketones (excluding diaryl/α,β-unsaturated/α-hetero) is 1. The van der Waals surface area contributed by atoms with Crippen LogP contribution in [0.5, 0.6) is 0 Å². The molecule has 0 aliphatic carbocycles. The van der Waals surface area contributed by atoms with Crippen molar-refractivity contribution in [2.24, 2.45) is 0 Å². The molecule has 1 aromatic carbocycles. The number of allylic oxidation sites excluding steroid dienone is 1. The number of hydrogen-bond donors (Lipinski definition) is 1. The molecular weight excluding hydrogens is 169 g/mol. The Balaban J connectivity index is 3.21. The lowest BCUT2D eigenvalue weighted by Crippen LogP contribution is -2.03. The molecule has 0 atom stereocenters. The monoisotopic (exact) mass is 179 g/mol. The fourth-order valence-corrected chi connectivity index (χ4v) is 0.947. The zero-order valence-corrected chi connectivity index (χ0v) is 7.30. The summed E-state index contributed by atoms with van der Waals surface area (Å²) in [5.41, 5.74) is 6.06. The number of anilines is 1. The first kappa shape index (κ1) is 9.45. The summed E-state index contributed by atoms with van der Waals surface area (Å²) in [6.45, 7) is 4.98. The van der Waals surface area contributed by atoms with Gasteiger partial charge < -0.3 is 5.73 Å². The van der Waals surface area contributed by atoms with Gasteiger partial charge in [0.05, 0.1) is 5.56 Å². The number of ketones is 1. The van der Waals surface area contributed by atoms with Crippen molar-refractivity contribution in [3.05, 3.63) is 41.7 Å². The summed E-state index contributed by atoms with van der Waals surface area (Å²) in [6, 6.07) is 3.89. The lowest BCUT2D eigenvalue weighted by atomic mass is 10.0. The molecule has 1 rings (SSSR count). The predicted octanol–water partition coefficient (Wildman–Crippen LogP) is 2.17. The second-order valence-corrected chi connectivity index (χ2v) is 2.85. The first-order valence-electron chi connectivity index (χ1n) is 3.77. The minimum atomic E-state index is -0.567. The standard InChI is InChI=1S/C10H10FNO/c1-6(2)10(13)8-5-7(12)3-4-9(8)11/h3-5H,1,12H2,2H3. The number of benzene rings is 1. The van der Waals surface area contributed by atoms with E-state index < -0.39 is 11.6 Å². The van der Waals surface area contributed by atoms with Gasteiger partial charge in [-0.25, -0.2) is 4.39 Å². The molecule has 0 heterocycles. The molecule has 0 saturated heterocycles. The van der Waals surface area contributed by atoms with Gasteiger partial charge in [0, 0.05) is 5.69 Å². The van der Waals surface area contributed by atoms with Crippen molar-refractivity contribution in [2.45, 2.75) is 6.92 Å². The molecule has 0 spiro atoms. The maximum absolute atomic E-state index is 13.1. The van der Waals surface area contributed by atoms with E-state index >= 15 is 0 Å². The molecule has 0 saturated carbocycles. The number of halogens is 1. The maximum atomic E-state index is 13.1. The van der Waals surface area contributed by atoms with Crippen LogP contribution in [-0.4, -0.2) is 5.78 Å². The molecular formula is C10H10FNO. The summed E-state index contributed by atoms with van der Waals surface area (Å²) in [5, 5.41) is 0. The van der Waals surface area contributed by atoms with E-state index in [4.69, 9.17) is 5.73 Å². The number of hydrogen-bond acceptors (Lipinski definition) is 2. The highest BCUT2D eigenvalue weighted by Gasteiger charge is 2.11. The largest absolute Gasteiger partial charge is 0.399 e. The summed E-state index contributed by atoms with van der Waals surface area (Å²) in [5.74, 6) is -0.980. The first-order chi connectivity index (χ1) is 6.02. The van der Waals surface area contributed by atoms with Crippen LogP contribution in [0, 0.1) is 5.82 Å². The van der Waals surface area contributed by atoms with Gasteiger partial charge in [-0.1, -0.05) is 6.58 Å². The Hall–Kier alpha value is -1.64. The minimum Gasteiger partial charge on any atom is -0.399 e. The van der Waals surface area contributed by atoms with Crippen LogP contribution in [0.15, 0.2) is 30.4 Å². The fraction of sp³-hybridized carbons (Fsp3) is 0.100. The van der Waals surface area contributed by atoms with Gasteiger partial charge >= 0.3 is 0 Å². The van der Waals surface area contributed by atoms with Crippen LogP contribution in [0.2, 0.25) is 0 Å². The Morgan fingerprint density at radius 3 is 2.69 bits per heavy atom. The van der Waals surface area contributed by atoms with Crippen molar-refractivity contribution in [3.63, 3.8) is 0 Å². The van der Waals surface area contributed by atoms with Gasteiger partial charge in [-0.15, -0.1) is 0 Å². The van der Waals surface area contributed by atoms with Crippen LogP contribution in [0.3, 0.4) is 0 Å². The number of nitrogens with two attached hydrogens (primary N) is 1. The summed E-state index contributed by atoms with van der Waals surface area (Å²) < 4.78 is 13.1. The Morgan fingerprint density at radius 1 is 1.54 bits per heavy atom. The fourth-order valence-electron chi connectivity index (χ4n) is 0.947.